The first-order valence-electron chi connectivity index (χ1n) is 6.54. The predicted molar refractivity (Wildman–Crippen MR) is 70.5 cm³/mol. The van der Waals surface area contributed by atoms with Gasteiger partial charge in [0.15, 0.2) is 0 Å². The Morgan fingerprint density at radius 3 is 2.56 bits per heavy atom. The van der Waals surface area contributed by atoms with Crippen LogP contribution in [0.15, 0.2) is 23.1 Å². The fraction of sp³-hybridized carbons (Fsp3) is 0.571. The molecule has 2 rings (SSSR count). The molecule has 0 bridgehead atoms. The van der Waals surface area contributed by atoms with Gasteiger partial charge in [0.1, 0.15) is 0 Å². The van der Waals surface area contributed by atoms with Crippen molar-refractivity contribution in [3.63, 3.8) is 0 Å². The van der Waals surface area contributed by atoms with Crippen molar-refractivity contribution >= 4 is 5.91 Å². The molecule has 98 valence electrons. The van der Waals surface area contributed by atoms with E-state index in [0.29, 0.717) is 17.4 Å². The van der Waals surface area contributed by atoms with Crippen LogP contribution in [0.3, 0.4) is 0 Å². The van der Waals surface area contributed by atoms with E-state index in [1.165, 1.54) is 18.7 Å². The highest BCUT2D eigenvalue weighted by molar-refractivity contribution is 5.94. The summed E-state index contributed by atoms with van der Waals surface area (Å²) in [6, 6.07) is 3.20. The molecule has 0 aromatic carbocycles. The number of hydrogen-bond donors (Lipinski definition) is 2. The van der Waals surface area contributed by atoms with Crippen molar-refractivity contribution in [3.05, 3.63) is 34.2 Å². The molecule has 2 unspecified atom stereocenters. The molecule has 1 fully saturated rings. The zero-order chi connectivity index (χ0) is 13.1. The van der Waals surface area contributed by atoms with Gasteiger partial charge in [0, 0.05) is 23.9 Å². The molecule has 2 atom stereocenters. The predicted octanol–water partition coefficient (Wildman–Crippen LogP) is 1.93. The van der Waals surface area contributed by atoms with Gasteiger partial charge in [-0.2, -0.15) is 0 Å². The minimum Gasteiger partial charge on any atom is -0.349 e. The van der Waals surface area contributed by atoms with Crippen LogP contribution in [0.4, 0.5) is 0 Å². The van der Waals surface area contributed by atoms with Crippen LogP contribution < -0.4 is 10.9 Å². The van der Waals surface area contributed by atoms with Crippen LogP contribution >= 0.6 is 0 Å². The third-order valence-electron chi connectivity index (χ3n) is 3.55. The fourth-order valence-corrected chi connectivity index (χ4v) is 2.92. The number of carbonyl (C=O) groups is 1. The first-order chi connectivity index (χ1) is 8.54. The van der Waals surface area contributed by atoms with Crippen LogP contribution in [0.2, 0.25) is 0 Å². The number of pyridine rings is 1. The first-order valence-corrected chi connectivity index (χ1v) is 6.54. The lowest BCUT2D eigenvalue weighted by Crippen LogP contribution is -2.40. The normalized spacial score (nSPS) is 27.8. The maximum atomic E-state index is 12.0. The highest BCUT2D eigenvalue weighted by Crippen LogP contribution is 2.28. The Bertz CT molecular complexity index is 471. The molecule has 0 radical (unpaired) electrons. The molecule has 4 nitrogen and oxygen atoms in total. The van der Waals surface area contributed by atoms with Gasteiger partial charge in [0.25, 0.3) is 5.91 Å². The Hall–Kier alpha value is -1.58. The lowest BCUT2D eigenvalue weighted by molar-refractivity contribution is 0.0911. The average molecular weight is 248 g/mol. The molecule has 0 spiro atoms. The number of amides is 1. The maximum Gasteiger partial charge on any atom is 0.251 e. The summed E-state index contributed by atoms with van der Waals surface area (Å²) in [6.07, 6.45) is 4.79. The molecule has 4 heteroatoms. The number of rotatable bonds is 2. The molecule has 1 amide bonds. The fourth-order valence-electron chi connectivity index (χ4n) is 2.92. The molecule has 1 saturated carbocycles. The number of carbonyl (C=O) groups excluding carboxylic acids is 1. The summed E-state index contributed by atoms with van der Waals surface area (Å²) >= 11 is 0. The summed E-state index contributed by atoms with van der Waals surface area (Å²) in [5, 5.41) is 3.03. The first kappa shape index (κ1) is 12.9. The van der Waals surface area contributed by atoms with Crippen LogP contribution in [0.25, 0.3) is 0 Å². The number of aromatic nitrogens is 1. The summed E-state index contributed by atoms with van der Waals surface area (Å²) in [7, 11) is 0. The summed E-state index contributed by atoms with van der Waals surface area (Å²) in [5.74, 6) is 1.16. The molecule has 0 saturated heterocycles. The van der Waals surface area contributed by atoms with Crippen molar-refractivity contribution in [1.29, 1.82) is 0 Å². The van der Waals surface area contributed by atoms with E-state index >= 15 is 0 Å². The largest absolute Gasteiger partial charge is 0.349 e. The SMILES string of the molecule is CC1CC(C)CC(NC(=O)c2cc[nH]c(=O)c2)C1. The molecular weight excluding hydrogens is 228 g/mol. The molecular formula is C14H20N2O2. The third-order valence-corrected chi connectivity index (χ3v) is 3.55. The molecule has 1 aliphatic carbocycles. The highest BCUT2D eigenvalue weighted by Gasteiger charge is 2.25. The van der Waals surface area contributed by atoms with Crippen molar-refractivity contribution in [2.45, 2.75) is 39.2 Å². The molecule has 2 N–H and O–H groups in total. The van der Waals surface area contributed by atoms with E-state index in [4.69, 9.17) is 0 Å². The van der Waals surface area contributed by atoms with Gasteiger partial charge in [-0.1, -0.05) is 13.8 Å². The second kappa shape index (κ2) is 5.38. The number of nitrogens with one attached hydrogen (secondary N) is 2. The van der Waals surface area contributed by atoms with Crippen molar-refractivity contribution in [3.8, 4) is 0 Å². The van der Waals surface area contributed by atoms with E-state index in [2.05, 4.69) is 24.1 Å². The summed E-state index contributed by atoms with van der Waals surface area (Å²) in [6.45, 7) is 4.45. The zero-order valence-corrected chi connectivity index (χ0v) is 10.9. The van der Waals surface area contributed by atoms with Gasteiger partial charge in [-0.05, 0) is 37.2 Å². The van der Waals surface area contributed by atoms with Gasteiger partial charge in [0.2, 0.25) is 5.56 Å². The maximum absolute atomic E-state index is 12.0. The lowest BCUT2D eigenvalue weighted by Gasteiger charge is -2.31. The van der Waals surface area contributed by atoms with Crippen LogP contribution in [0.1, 0.15) is 43.5 Å². The van der Waals surface area contributed by atoms with E-state index in [9.17, 15) is 9.59 Å². The molecule has 1 aromatic rings. The van der Waals surface area contributed by atoms with E-state index in [1.807, 2.05) is 0 Å². The number of H-pyrrole nitrogens is 1. The lowest BCUT2D eigenvalue weighted by atomic mass is 9.80. The highest BCUT2D eigenvalue weighted by atomic mass is 16.2. The summed E-state index contributed by atoms with van der Waals surface area (Å²) in [4.78, 5) is 25.7. The summed E-state index contributed by atoms with van der Waals surface area (Å²) in [5.41, 5.74) is 0.192. The van der Waals surface area contributed by atoms with Crippen molar-refractivity contribution < 1.29 is 4.79 Å². The Balaban J connectivity index is 2.01. The molecule has 1 aliphatic rings. The van der Waals surface area contributed by atoms with Crippen LogP contribution in [-0.2, 0) is 0 Å². The number of aromatic amines is 1. The van der Waals surface area contributed by atoms with Gasteiger partial charge >= 0.3 is 0 Å². The minimum atomic E-state index is -0.243. The van der Waals surface area contributed by atoms with Gasteiger partial charge in [-0.3, -0.25) is 9.59 Å². The van der Waals surface area contributed by atoms with Crippen LogP contribution in [-0.4, -0.2) is 16.9 Å². The Morgan fingerprint density at radius 1 is 1.28 bits per heavy atom. The molecule has 1 heterocycles. The second-order valence-electron chi connectivity index (χ2n) is 5.53. The van der Waals surface area contributed by atoms with Crippen molar-refractivity contribution in [2.75, 3.05) is 0 Å². The standard InChI is InChI=1S/C14H20N2O2/c1-9-5-10(2)7-12(6-9)16-14(18)11-3-4-15-13(17)8-11/h3-4,8-10,12H,5-7H2,1-2H3,(H,15,17)(H,16,18). The Labute approximate surface area is 107 Å². The second-order valence-corrected chi connectivity index (χ2v) is 5.53. The van der Waals surface area contributed by atoms with Gasteiger partial charge in [-0.25, -0.2) is 0 Å². The van der Waals surface area contributed by atoms with Crippen molar-refractivity contribution in [2.24, 2.45) is 11.8 Å². The van der Waals surface area contributed by atoms with E-state index in [-0.39, 0.29) is 17.5 Å². The van der Waals surface area contributed by atoms with E-state index < -0.39 is 0 Å². The van der Waals surface area contributed by atoms with E-state index in [1.54, 1.807) is 6.07 Å². The molecule has 18 heavy (non-hydrogen) atoms. The van der Waals surface area contributed by atoms with Gasteiger partial charge < -0.3 is 10.3 Å². The van der Waals surface area contributed by atoms with Crippen molar-refractivity contribution in [1.82, 2.24) is 10.3 Å². The smallest absolute Gasteiger partial charge is 0.251 e. The molecule has 0 aliphatic heterocycles. The van der Waals surface area contributed by atoms with Crippen LogP contribution in [0, 0.1) is 11.8 Å². The van der Waals surface area contributed by atoms with E-state index in [0.717, 1.165) is 12.8 Å². The Kier molecular flexibility index (Phi) is 3.84. The minimum absolute atomic E-state index is 0.146. The third kappa shape index (κ3) is 3.22. The average Bonchev–Trinajstić information content (AvgIpc) is 2.27. The Morgan fingerprint density at radius 2 is 1.94 bits per heavy atom. The zero-order valence-electron chi connectivity index (χ0n) is 10.9. The quantitative estimate of drug-likeness (QED) is 0.840. The van der Waals surface area contributed by atoms with Gasteiger partial charge in [-0.15, -0.1) is 0 Å². The molecule has 1 aromatic heterocycles. The topological polar surface area (TPSA) is 62.0 Å². The summed E-state index contributed by atoms with van der Waals surface area (Å²) < 4.78 is 0. The van der Waals surface area contributed by atoms with Gasteiger partial charge in [0.05, 0.1) is 0 Å². The monoisotopic (exact) mass is 248 g/mol. The van der Waals surface area contributed by atoms with Crippen LogP contribution in [0.5, 0.6) is 0 Å². The number of hydrogen-bond acceptors (Lipinski definition) is 2.